The summed E-state index contributed by atoms with van der Waals surface area (Å²) in [6.07, 6.45) is 67.8. The SMILES string of the molecule is CCCCCCCCCC/C=C\CCCCCCCCCCCC(=O)OCC(COC(=O)CCCCCCCCCCCCCC)OC(=O)CCCCCCCCCCCCCCCCCCCC. The van der Waals surface area contributed by atoms with E-state index in [1.165, 1.54) is 257 Å². The van der Waals surface area contributed by atoms with Gasteiger partial charge in [0.15, 0.2) is 6.10 Å². The van der Waals surface area contributed by atoms with Gasteiger partial charge >= 0.3 is 17.9 Å². The molecule has 1 unspecified atom stereocenters. The second-order valence-electron chi connectivity index (χ2n) is 21.3. The molecule has 1 atom stereocenters. The number of carbonyl (C=O) groups excluding carboxylic acids is 3. The molecule has 0 N–H and O–H groups in total. The first-order valence-corrected chi connectivity index (χ1v) is 31.2. The molecule has 0 saturated carbocycles. The molecule has 0 aliphatic heterocycles. The highest BCUT2D eigenvalue weighted by Gasteiger charge is 2.19. The molecule has 0 bridgehead atoms. The van der Waals surface area contributed by atoms with E-state index in [9.17, 15) is 14.4 Å². The average Bonchev–Trinajstić information content (AvgIpc) is 3.35. The monoisotopic (exact) mass is 973 g/mol. The second-order valence-corrected chi connectivity index (χ2v) is 21.3. The standard InChI is InChI=1S/C63H120O6/c1-4-7-10-13-16-19-22-25-27-29-31-32-33-35-36-38-41-44-47-50-53-56-62(65)68-59-60(58-67-61(64)55-52-49-46-43-40-24-21-18-15-12-9-6-3)69-63(66)57-54-51-48-45-42-39-37-34-30-28-26-23-20-17-14-11-8-5-2/h29,31,60H,4-28,30,32-59H2,1-3H3/b31-29-. The van der Waals surface area contributed by atoms with Crippen molar-refractivity contribution in [1.82, 2.24) is 0 Å². The largest absolute Gasteiger partial charge is 0.462 e. The lowest BCUT2D eigenvalue weighted by molar-refractivity contribution is -0.167. The van der Waals surface area contributed by atoms with Gasteiger partial charge in [-0.3, -0.25) is 14.4 Å². The quantitative estimate of drug-likeness (QED) is 0.0261. The van der Waals surface area contributed by atoms with Gasteiger partial charge in [-0.05, 0) is 44.9 Å². The lowest BCUT2D eigenvalue weighted by Crippen LogP contribution is -2.30. The summed E-state index contributed by atoms with van der Waals surface area (Å²) >= 11 is 0. The van der Waals surface area contributed by atoms with Crippen LogP contribution in [0.2, 0.25) is 0 Å². The highest BCUT2D eigenvalue weighted by atomic mass is 16.6. The molecule has 0 aromatic rings. The van der Waals surface area contributed by atoms with Crippen LogP contribution in [0, 0.1) is 0 Å². The lowest BCUT2D eigenvalue weighted by atomic mass is 10.0. The minimum atomic E-state index is -0.765. The molecule has 0 amide bonds. The van der Waals surface area contributed by atoms with E-state index < -0.39 is 6.10 Å². The van der Waals surface area contributed by atoms with Crippen molar-refractivity contribution in [2.24, 2.45) is 0 Å². The van der Waals surface area contributed by atoms with Gasteiger partial charge in [-0.15, -0.1) is 0 Å². The predicted molar refractivity (Wildman–Crippen MR) is 298 cm³/mol. The number of unbranched alkanes of at least 4 members (excludes halogenated alkanes) is 45. The Morgan fingerprint density at radius 1 is 0.275 bits per heavy atom. The maximum atomic E-state index is 12.9. The topological polar surface area (TPSA) is 78.9 Å². The number of hydrogen-bond acceptors (Lipinski definition) is 6. The van der Waals surface area contributed by atoms with Crippen LogP contribution in [0.3, 0.4) is 0 Å². The molecule has 0 saturated heterocycles. The Hall–Kier alpha value is -1.85. The third-order valence-corrected chi connectivity index (χ3v) is 14.3. The van der Waals surface area contributed by atoms with Crippen LogP contribution in [0.15, 0.2) is 12.2 Å². The van der Waals surface area contributed by atoms with Crippen molar-refractivity contribution in [3.8, 4) is 0 Å². The molecule has 408 valence electrons. The zero-order chi connectivity index (χ0) is 50.0. The van der Waals surface area contributed by atoms with E-state index >= 15 is 0 Å². The third kappa shape index (κ3) is 56.9. The zero-order valence-electron chi connectivity index (χ0n) is 46.9. The van der Waals surface area contributed by atoms with E-state index in [0.29, 0.717) is 19.3 Å². The van der Waals surface area contributed by atoms with Crippen molar-refractivity contribution in [3.63, 3.8) is 0 Å². The summed E-state index contributed by atoms with van der Waals surface area (Å²) in [5, 5.41) is 0. The zero-order valence-corrected chi connectivity index (χ0v) is 46.9. The molecule has 0 rings (SSSR count). The molecule has 0 radical (unpaired) electrons. The molecule has 0 aliphatic carbocycles. The van der Waals surface area contributed by atoms with Crippen LogP contribution in [0.4, 0.5) is 0 Å². The third-order valence-electron chi connectivity index (χ3n) is 14.3. The van der Waals surface area contributed by atoms with Crippen LogP contribution >= 0.6 is 0 Å². The van der Waals surface area contributed by atoms with E-state index in [1.54, 1.807) is 0 Å². The van der Waals surface area contributed by atoms with E-state index in [-0.39, 0.29) is 31.1 Å². The van der Waals surface area contributed by atoms with Crippen LogP contribution in [-0.2, 0) is 28.6 Å². The van der Waals surface area contributed by atoms with Gasteiger partial charge in [-0.1, -0.05) is 303 Å². The van der Waals surface area contributed by atoms with E-state index in [2.05, 4.69) is 32.9 Å². The van der Waals surface area contributed by atoms with Crippen molar-refractivity contribution in [2.75, 3.05) is 13.2 Å². The summed E-state index contributed by atoms with van der Waals surface area (Å²) in [5.41, 5.74) is 0. The first-order valence-electron chi connectivity index (χ1n) is 31.2. The first kappa shape index (κ1) is 67.1. The normalized spacial score (nSPS) is 12.0. The summed E-state index contributed by atoms with van der Waals surface area (Å²) < 4.78 is 16.9. The van der Waals surface area contributed by atoms with Gasteiger partial charge in [0.1, 0.15) is 13.2 Å². The lowest BCUT2D eigenvalue weighted by Gasteiger charge is -2.18. The number of allylic oxidation sites excluding steroid dienone is 2. The highest BCUT2D eigenvalue weighted by molar-refractivity contribution is 5.71. The van der Waals surface area contributed by atoms with Gasteiger partial charge in [-0.2, -0.15) is 0 Å². The molecule has 0 aliphatic rings. The van der Waals surface area contributed by atoms with Crippen LogP contribution in [0.5, 0.6) is 0 Å². The Balaban J connectivity index is 4.25. The second kappa shape index (κ2) is 58.7. The van der Waals surface area contributed by atoms with Crippen molar-refractivity contribution in [3.05, 3.63) is 12.2 Å². The number of carbonyl (C=O) groups is 3. The molecule has 6 nitrogen and oxygen atoms in total. The van der Waals surface area contributed by atoms with Crippen molar-refractivity contribution < 1.29 is 28.6 Å². The van der Waals surface area contributed by atoms with Crippen LogP contribution in [0.1, 0.15) is 355 Å². The molecule has 0 aromatic heterocycles. The van der Waals surface area contributed by atoms with Gasteiger partial charge in [0, 0.05) is 19.3 Å². The smallest absolute Gasteiger partial charge is 0.306 e. The molecule has 0 aromatic carbocycles. The summed E-state index contributed by atoms with van der Waals surface area (Å²) in [4.78, 5) is 38.2. The summed E-state index contributed by atoms with van der Waals surface area (Å²) in [7, 11) is 0. The fourth-order valence-electron chi connectivity index (χ4n) is 9.56. The maximum Gasteiger partial charge on any atom is 0.306 e. The first-order chi connectivity index (χ1) is 34.0. The van der Waals surface area contributed by atoms with E-state index in [4.69, 9.17) is 14.2 Å². The number of ether oxygens (including phenoxy) is 3. The molecular formula is C63H120O6. The van der Waals surface area contributed by atoms with Gasteiger partial charge in [0.05, 0.1) is 0 Å². The summed E-state index contributed by atoms with van der Waals surface area (Å²) in [6.45, 7) is 6.70. The molecule has 69 heavy (non-hydrogen) atoms. The Labute approximate surface area is 431 Å². The fraction of sp³-hybridized carbons (Fsp3) is 0.921. The van der Waals surface area contributed by atoms with E-state index in [0.717, 1.165) is 57.8 Å². The minimum absolute atomic E-state index is 0.0642. The Morgan fingerprint density at radius 2 is 0.478 bits per heavy atom. The molecular weight excluding hydrogens is 853 g/mol. The van der Waals surface area contributed by atoms with Crippen molar-refractivity contribution in [1.29, 1.82) is 0 Å². The van der Waals surface area contributed by atoms with Crippen LogP contribution in [-0.4, -0.2) is 37.2 Å². The van der Waals surface area contributed by atoms with E-state index in [1.807, 2.05) is 0 Å². The molecule has 0 heterocycles. The van der Waals surface area contributed by atoms with Crippen LogP contribution < -0.4 is 0 Å². The number of hydrogen-bond donors (Lipinski definition) is 0. The van der Waals surface area contributed by atoms with Gasteiger partial charge in [0.2, 0.25) is 0 Å². The Kier molecular flexibility index (Phi) is 57.1. The summed E-state index contributed by atoms with van der Waals surface area (Å²) in [6, 6.07) is 0. The Morgan fingerprint density at radius 3 is 0.725 bits per heavy atom. The number of rotatable bonds is 58. The van der Waals surface area contributed by atoms with Crippen LogP contribution in [0.25, 0.3) is 0 Å². The van der Waals surface area contributed by atoms with Gasteiger partial charge < -0.3 is 14.2 Å². The van der Waals surface area contributed by atoms with Gasteiger partial charge in [-0.25, -0.2) is 0 Å². The Bertz CT molecular complexity index is 1070. The number of esters is 3. The fourth-order valence-corrected chi connectivity index (χ4v) is 9.56. The average molecular weight is 974 g/mol. The van der Waals surface area contributed by atoms with Gasteiger partial charge in [0.25, 0.3) is 0 Å². The van der Waals surface area contributed by atoms with Crippen molar-refractivity contribution in [2.45, 2.75) is 361 Å². The van der Waals surface area contributed by atoms with Crippen molar-refractivity contribution >= 4 is 17.9 Å². The highest BCUT2D eigenvalue weighted by Crippen LogP contribution is 2.18. The summed E-state index contributed by atoms with van der Waals surface area (Å²) in [5.74, 6) is -0.838. The maximum absolute atomic E-state index is 12.9. The predicted octanol–water partition coefficient (Wildman–Crippen LogP) is 20.9. The molecule has 6 heteroatoms. The molecule has 0 fully saturated rings. The molecule has 0 spiro atoms. The minimum Gasteiger partial charge on any atom is -0.462 e.